The average Bonchev–Trinajstić information content (AvgIpc) is 2.57. The Morgan fingerprint density at radius 3 is 2.29 bits per heavy atom. The van der Waals surface area contributed by atoms with Gasteiger partial charge in [-0.1, -0.05) is 46.3 Å². The van der Waals surface area contributed by atoms with Crippen molar-refractivity contribution in [3.63, 3.8) is 0 Å². The van der Waals surface area contributed by atoms with E-state index < -0.39 is 0 Å². The number of benzene rings is 2. The summed E-state index contributed by atoms with van der Waals surface area (Å²) in [5.41, 5.74) is 1.94. The number of hydrogen-bond donors (Lipinski definition) is 1. The summed E-state index contributed by atoms with van der Waals surface area (Å²) >= 11 is 3.36. The Balaban J connectivity index is 1.81. The number of carbonyl (C=O) groups excluding carboxylic acids is 2. The van der Waals surface area contributed by atoms with Crippen LogP contribution in [0.3, 0.4) is 0 Å². The lowest BCUT2D eigenvalue weighted by atomic mass is 10.1. The van der Waals surface area contributed by atoms with Crippen LogP contribution in [0.25, 0.3) is 0 Å². The number of halogens is 1. The van der Waals surface area contributed by atoms with Crippen molar-refractivity contribution in [2.24, 2.45) is 0 Å². The van der Waals surface area contributed by atoms with E-state index in [9.17, 15) is 9.59 Å². The van der Waals surface area contributed by atoms with Gasteiger partial charge >= 0.3 is 0 Å². The molecule has 0 radical (unpaired) electrons. The molecule has 0 bridgehead atoms. The van der Waals surface area contributed by atoms with Crippen molar-refractivity contribution in [2.45, 2.75) is 19.8 Å². The van der Waals surface area contributed by atoms with Crippen LogP contribution in [-0.2, 0) is 16.0 Å². The van der Waals surface area contributed by atoms with Gasteiger partial charge in [-0.3, -0.25) is 9.59 Å². The smallest absolute Gasteiger partial charge is 0.226 e. The van der Waals surface area contributed by atoms with Crippen LogP contribution < -0.4 is 5.32 Å². The molecule has 2 rings (SSSR count). The van der Waals surface area contributed by atoms with Gasteiger partial charge in [-0.05, 0) is 36.2 Å². The lowest BCUT2D eigenvalue weighted by Crippen LogP contribution is -2.33. The Kier molecular flexibility index (Phi) is 7.00. The second-order valence-electron chi connectivity index (χ2n) is 5.55. The van der Waals surface area contributed by atoms with Crippen LogP contribution in [0.4, 0.5) is 5.69 Å². The third-order valence-corrected chi connectivity index (χ3v) is 4.22. The summed E-state index contributed by atoms with van der Waals surface area (Å²) in [5.74, 6) is -0.106. The predicted octanol–water partition coefficient (Wildman–Crippen LogP) is 3.87. The molecule has 2 aromatic rings. The molecular weight excluding hydrogens is 368 g/mol. The molecule has 0 fully saturated rings. The number of nitrogens with zero attached hydrogens (tertiary/aromatic N) is 1. The van der Waals surface area contributed by atoms with Gasteiger partial charge in [0.1, 0.15) is 0 Å². The monoisotopic (exact) mass is 388 g/mol. The lowest BCUT2D eigenvalue weighted by Gasteiger charge is -2.21. The van der Waals surface area contributed by atoms with Crippen molar-refractivity contribution in [2.75, 3.05) is 18.4 Å². The Bertz CT molecular complexity index is 672. The van der Waals surface area contributed by atoms with Gasteiger partial charge < -0.3 is 10.2 Å². The summed E-state index contributed by atoms with van der Waals surface area (Å²) in [6.07, 6.45) is 1.07. The van der Waals surface area contributed by atoms with Gasteiger partial charge in [-0.2, -0.15) is 0 Å². The summed E-state index contributed by atoms with van der Waals surface area (Å²) in [5, 5.41) is 2.84. The topological polar surface area (TPSA) is 49.4 Å². The van der Waals surface area contributed by atoms with E-state index in [2.05, 4.69) is 21.2 Å². The van der Waals surface area contributed by atoms with E-state index in [0.717, 1.165) is 16.6 Å². The zero-order valence-corrected chi connectivity index (χ0v) is 15.3. The van der Waals surface area contributed by atoms with E-state index in [1.165, 1.54) is 12.5 Å². The van der Waals surface area contributed by atoms with Crippen molar-refractivity contribution in [1.82, 2.24) is 4.90 Å². The molecule has 0 aliphatic rings. The van der Waals surface area contributed by atoms with Crippen LogP contribution in [0.1, 0.15) is 18.9 Å². The maximum atomic E-state index is 12.0. The second kappa shape index (κ2) is 9.23. The molecule has 5 heteroatoms. The number of hydrogen-bond acceptors (Lipinski definition) is 2. The normalized spacial score (nSPS) is 10.2. The molecule has 0 aliphatic heterocycles. The molecule has 0 aromatic heterocycles. The number of carbonyl (C=O) groups is 2. The van der Waals surface area contributed by atoms with E-state index in [1.807, 2.05) is 54.6 Å². The minimum atomic E-state index is -0.0942. The quantitative estimate of drug-likeness (QED) is 0.782. The van der Waals surface area contributed by atoms with Gasteiger partial charge in [0.2, 0.25) is 11.8 Å². The number of rotatable bonds is 7. The molecule has 24 heavy (non-hydrogen) atoms. The molecule has 1 N–H and O–H groups in total. The SMILES string of the molecule is CC(=O)N(CCC(=O)Nc1ccc(Br)cc1)CCc1ccccc1. The summed E-state index contributed by atoms with van der Waals surface area (Å²) < 4.78 is 0.962. The highest BCUT2D eigenvalue weighted by atomic mass is 79.9. The van der Waals surface area contributed by atoms with Crippen LogP contribution in [-0.4, -0.2) is 29.8 Å². The first-order chi connectivity index (χ1) is 11.5. The fourth-order valence-electron chi connectivity index (χ4n) is 2.33. The molecule has 4 nitrogen and oxygen atoms in total. The Hall–Kier alpha value is -2.14. The number of nitrogens with one attached hydrogen (secondary N) is 1. The molecule has 0 saturated carbocycles. The van der Waals surface area contributed by atoms with Crippen LogP contribution in [0.15, 0.2) is 59.1 Å². The van der Waals surface area contributed by atoms with Crippen molar-refractivity contribution in [3.8, 4) is 0 Å². The molecule has 2 aromatic carbocycles. The van der Waals surface area contributed by atoms with Gasteiger partial charge in [0.15, 0.2) is 0 Å². The molecule has 0 atom stereocenters. The van der Waals surface area contributed by atoms with Gasteiger partial charge in [0.05, 0.1) is 0 Å². The summed E-state index contributed by atoms with van der Waals surface area (Å²) in [6, 6.07) is 17.4. The molecule has 0 unspecified atom stereocenters. The highest BCUT2D eigenvalue weighted by Gasteiger charge is 2.11. The molecule has 0 heterocycles. The highest BCUT2D eigenvalue weighted by molar-refractivity contribution is 9.10. The summed E-state index contributed by atoms with van der Waals surface area (Å²) in [4.78, 5) is 25.5. The maximum Gasteiger partial charge on any atom is 0.226 e. The number of amides is 2. The maximum absolute atomic E-state index is 12.0. The highest BCUT2D eigenvalue weighted by Crippen LogP contribution is 2.14. The van der Waals surface area contributed by atoms with E-state index in [-0.39, 0.29) is 18.2 Å². The first kappa shape index (κ1) is 18.2. The van der Waals surface area contributed by atoms with Crippen molar-refractivity contribution < 1.29 is 9.59 Å². The molecule has 2 amide bonds. The number of anilines is 1. The van der Waals surface area contributed by atoms with Crippen molar-refractivity contribution in [1.29, 1.82) is 0 Å². The van der Waals surface area contributed by atoms with E-state index in [4.69, 9.17) is 0 Å². The third-order valence-electron chi connectivity index (χ3n) is 3.70. The zero-order valence-electron chi connectivity index (χ0n) is 13.7. The Morgan fingerprint density at radius 2 is 1.67 bits per heavy atom. The molecule has 0 spiro atoms. The lowest BCUT2D eigenvalue weighted by molar-refractivity contribution is -0.129. The minimum absolute atomic E-state index is 0.0117. The Morgan fingerprint density at radius 1 is 1.00 bits per heavy atom. The summed E-state index contributed by atoms with van der Waals surface area (Å²) in [7, 11) is 0. The Labute approximate surface area is 151 Å². The first-order valence-corrected chi connectivity index (χ1v) is 8.69. The van der Waals surface area contributed by atoms with Gasteiger partial charge in [0, 0.05) is 36.6 Å². The van der Waals surface area contributed by atoms with Crippen LogP contribution in [0.2, 0.25) is 0 Å². The molecule has 0 saturated heterocycles. The van der Waals surface area contributed by atoms with Gasteiger partial charge in [-0.15, -0.1) is 0 Å². The van der Waals surface area contributed by atoms with Crippen LogP contribution >= 0.6 is 15.9 Å². The standard InChI is InChI=1S/C19H21BrN2O2/c1-15(23)22(13-11-16-5-3-2-4-6-16)14-12-19(24)21-18-9-7-17(20)8-10-18/h2-10H,11-14H2,1H3,(H,21,24). The second-order valence-corrected chi connectivity index (χ2v) is 6.46. The largest absolute Gasteiger partial charge is 0.342 e. The van der Waals surface area contributed by atoms with Crippen molar-refractivity contribution in [3.05, 3.63) is 64.6 Å². The molecule has 126 valence electrons. The fraction of sp³-hybridized carbons (Fsp3) is 0.263. The predicted molar refractivity (Wildman–Crippen MR) is 99.8 cm³/mol. The van der Waals surface area contributed by atoms with Gasteiger partial charge in [-0.25, -0.2) is 0 Å². The van der Waals surface area contributed by atoms with Crippen LogP contribution in [0, 0.1) is 0 Å². The zero-order chi connectivity index (χ0) is 17.4. The average molecular weight is 389 g/mol. The van der Waals surface area contributed by atoms with Crippen molar-refractivity contribution >= 4 is 33.4 Å². The van der Waals surface area contributed by atoms with E-state index in [0.29, 0.717) is 13.1 Å². The van der Waals surface area contributed by atoms with Crippen LogP contribution in [0.5, 0.6) is 0 Å². The third kappa shape index (κ3) is 6.16. The molecule has 0 aliphatic carbocycles. The van der Waals surface area contributed by atoms with E-state index in [1.54, 1.807) is 4.90 Å². The fourth-order valence-corrected chi connectivity index (χ4v) is 2.59. The first-order valence-electron chi connectivity index (χ1n) is 7.89. The van der Waals surface area contributed by atoms with E-state index >= 15 is 0 Å². The van der Waals surface area contributed by atoms with Gasteiger partial charge in [0.25, 0.3) is 0 Å². The summed E-state index contributed by atoms with van der Waals surface area (Å²) in [6.45, 7) is 2.58. The minimum Gasteiger partial charge on any atom is -0.342 e. The molecular formula is C19H21BrN2O2.